The fourth-order valence-electron chi connectivity index (χ4n) is 9.63. The number of aromatic nitrogens is 1. The second-order valence-corrected chi connectivity index (χ2v) is 14.9. The topological polar surface area (TPSA) is 18.1 Å². The molecule has 11 aromatic rings. The van der Waals surface area contributed by atoms with Crippen LogP contribution in [-0.2, 0) is 5.41 Å². The first-order valence-corrected chi connectivity index (χ1v) is 19.0. The molecule has 12 rings (SSSR count). The van der Waals surface area contributed by atoms with Gasteiger partial charge in [-0.25, -0.2) is 0 Å². The van der Waals surface area contributed by atoms with Crippen molar-refractivity contribution >= 4 is 54.5 Å². The van der Waals surface area contributed by atoms with Gasteiger partial charge in [-0.3, -0.25) is 0 Å². The fraction of sp³-hybridized carbons (Fsp3) is 0.0189. The van der Waals surface area contributed by atoms with Gasteiger partial charge in [0.05, 0.1) is 16.4 Å². The van der Waals surface area contributed by atoms with E-state index in [2.05, 4.69) is 205 Å². The van der Waals surface area contributed by atoms with Gasteiger partial charge in [0.1, 0.15) is 11.2 Å². The first kappa shape index (κ1) is 30.3. The van der Waals surface area contributed by atoms with E-state index in [0.29, 0.717) is 0 Å². The number of rotatable bonds is 4. The standard InChI is InChI=1S/C53H33NO/c1-3-15-38(16-4-1)53(39-17-5-2-6-18-39)47-21-11-9-19-41(47)44-32-46-45-30-36(25-28-51(45)55-52(46)33-48(44)53)37-24-27-43-42-20-10-12-22-49(42)54(50(43)31-37)40-26-23-34-13-7-8-14-35(34)29-40/h1-33H. The van der Waals surface area contributed by atoms with E-state index in [1.807, 2.05) is 0 Å². The predicted octanol–water partition coefficient (Wildman–Crippen LogP) is 13.9. The quantitative estimate of drug-likeness (QED) is 0.179. The van der Waals surface area contributed by atoms with Crippen LogP contribution in [0.5, 0.6) is 0 Å². The van der Waals surface area contributed by atoms with E-state index in [0.717, 1.165) is 33.2 Å². The van der Waals surface area contributed by atoms with Gasteiger partial charge in [0, 0.05) is 27.2 Å². The van der Waals surface area contributed by atoms with Crippen molar-refractivity contribution in [3.8, 4) is 27.9 Å². The second-order valence-electron chi connectivity index (χ2n) is 14.9. The van der Waals surface area contributed by atoms with Gasteiger partial charge in [0.15, 0.2) is 0 Å². The highest BCUT2D eigenvalue weighted by atomic mass is 16.3. The third-order valence-corrected chi connectivity index (χ3v) is 12.0. The minimum absolute atomic E-state index is 0.467. The summed E-state index contributed by atoms with van der Waals surface area (Å²) < 4.78 is 9.17. The Bertz CT molecular complexity index is 3270. The maximum atomic E-state index is 6.75. The van der Waals surface area contributed by atoms with Crippen molar-refractivity contribution < 1.29 is 4.42 Å². The molecular weight excluding hydrogens is 667 g/mol. The van der Waals surface area contributed by atoms with Gasteiger partial charge in [0.2, 0.25) is 0 Å². The predicted molar refractivity (Wildman–Crippen MR) is 228 cm³/mol. The molecule has 0 unspecified atom stereocenters. The Kier molecular flexibility index (Phi) is 6.29. The minimum Gasteiger partial charge on any atom is -0.456 e. The Hall–Kier alpha value is -7.16. The number of benzene rings is 9. The van der Waals surface area contributed by atoms with E-state index in [9.17, 15) is 0 Å². The molecule has 9 aromatic carbocycles. The first-order chi connectivity index (χ1) is 27.3. The van der Waals surface area contributed by atoms with Crippen LogP contribution in [0.3, 0.4) is 0 Å². The lowest BCUT2D eigenvalue weighted by molar-refractivity contribution is 0.666. The number of fused-ring (bicyclic) bond motifs is 10. The maximum absolute atomic E-state index is 6.75. The lowest BCUT2D eigenvalue weighted by atomic mass is 9.67. The van der Waals surface area contributed by atoms with Gasteiger partial charge in [-0.15, -0.1) is 0 Å². The minimum atomic E-state index is -0.467. The third-order valence-electron chi connectivity index (χ3n) is 12.0. The molecule has 2 nitrogen and oxygen atoms in total. The molecule has 0 bridgehead atoms. The van der Waals surface area contributed by atoms with Crippen LogP contribution in [0.25, 0.3) is 82.5 Å². The highest BCUT2D eigenvalue weighted by Gasteiger charge is 2.46. The molecule has 2 aromatic heterocycles. The van der Waals surface area contributed by atoms with E-state index >= 15 is 0 Å². The molecule has 0 amide bonds. The van der Waals surface area contributed by atoms with E-state index in [1.54, 1.807) is 0 Å². The monoisotopic (exact) mass is 699 g/mol. The molecule has 0 saturated heterocycles. The number of hydrogen-bond acceptors (Lipinski definition) is 1. The Morgan fingerprint density at radius 2 is 1.02 bits per heavy atom. The molecule has 256 valence electrons. The van der Waals surface area contributed by atoms with E-state index in [-0.39, 0.29) is 0 Å². The number of nitrogens with zero attached hydrogens (tertiary/aromatic N) is 1. The molecule has 1 aliphatic carbocycles. The lowest BCUT2D eigenvalue weighted by Crippen LogP contribution is -2.28. The fourth-order valence-corrected chi connectivity index (χ4v) is 9.63. The molecule has 1 aliphatic rings. The lowest BCUT2D eigenvalue weighted by Gasteiger charge is -2.33. The normalized spacial score (nSPS) is 13.2. The number of hydrogen-bond donors (Lipinski definition) is 0. The van der Waals surface area contributed by atoms with Gasteiger partial charge in [0.25, 0.3) is 0 Å². The van der Waals surface area contributed by atoms with Crippen molar-refractivity contribution in [3.05, 3.63) is 222 Å². The molecule has 0 spiro atoms. The summed E-state index contributed by atoms with van der Waals surface area (Å²) in [6.07, 6.45) is 0. The SMILES string of the molecule is c1ccc(C2(c3ccccc3)c3ccccc3-c3cc4c(cc32)oc2ccc(-c3ccc5c6ccccc6n(-c6ccc7ccccc7c6)c5c3)cc24)cc1. The molecule has 0 radical (unpaired) electrons. The van der Waals surface area contributed by atoms with Crippen LogP contribution in [0.4, 0.5) is 0 Å². The third kappa shape index (κ3) is 4.25. The van der Waals surface area contributed by atoms with Crippen molar-refractivity contribution in [1.82, 2.24) is 4.57 Å². The van der Waals surface area contributed by atoms with Crippen LogP contribution in [-0.4, -0.2) is 4.57 Å². The summed E-state index contributed by atoms with van der Waals surface area (Å²) in [5, 5.41) is 7.24. The van der Waals surface area contributed by atoms with Gasteiger partial charge < -0.3 is 8.98 Å². The Morgan fingerprint density at radius 3 is 1.85 bits per heavy atom. The molecule has 2 heteroatoms. The summed E-state index contributed by atoms with van der Waals surface area (Å²) in [5.74, 6) is 0. The van der Waals surface area contributed by atoms with Crippen LogP contribution in [0.15, 0.2) is 205 Å². The van der Waals surface area contributed by atoms with Gasteiger partial charge in [-0.1, -0.05) is 152 Å². The van der Waals surface area contributed by atoms with Crippen molar-refractivity contribution in [2.24, 2.45) is 0 Å². The zero-order valence-corrected chi connectivity index (χ0v) is 29.9. The van der Waals surface area contributed by atoms with Crippen LogP contribution < -0.4 is 0 Å². The van der Waals surface area contributed by atoms with Crippen molar-refractivity contribution in [2.45, 2.75) is 5.41 Å². The van der Waals surface area contributed by atoms with Gasteiger partial charge in [-0.2, -0.15) is 0 Å². The Balaban J connectivity index is 1.07. The molecule has 0 saturated carbocycles. The van der Waals surface area contributed by atoms with Crippen LogP contribution in [0.1, 0.15) is 22.3 Å². The number of furan rings is 1. The Morgan fingerprint density at radius 1 is 0.364 bits per heavy atom. The van der Waals surface area contributed by atoms with Crippen LogP contribution >= 0.6 is 0 Å². The molecule has 0 atom stereocenters. The zero-order valence-electron chi connectivity index (χ0n) is 29.9. The highest BCUT2D eigenvalue weighted by Crippen LogP contribution is 2.57. The smallest absolute Gasteiger partial charge is 0.135 e. The molecular formula is C53H33NO. The summed E-state index contributed by atoms with van der Waals surface area (Å²) in [5.41, 5.74) is 14.8. The molecule has 0 N–H and O–H groups in total. The molecule has 0 fully saturated rings. The number of para-hydroxylation sites is 1. The van der Waals surface area contributed by atoms with Gasteiger partial charge >= 0.3 is 0 Å². The van der Waals surface area contributed by atoms with Crippen molar-refractivity contribution in [1.29, 1.82) is 0 Å². The summed E-state index contributed by atoms with van der Waals surface area (Å²) >= 11 is 0. The zero-order chi connectivity index (χ0) is 36.1. The van der Waals surface area contributed by atoms with E-state index in [4.69, 9.17) is 4.42 Å². The summed E-state index contributed by atoms with van der Waals surface area (Å²) in [6, 6.07) is 73.2. The molecule has 2 heterocycles. The largest absolute Gasteiger partial charge is 0.456 e. The van der Waals surface area contributed by atoms with Crippen LogP contribution in [0, 0.1) is 0 Å². The molecule has 0 aliphatic heterocycles. The molecule has 55 heavy (non-hydrogen) atoms. The average Bonchev–Trinajstić information content (AvgIpc) is 3.88. The highest BCUT2D eigenvalue weighted by molar-refractivity contribution is 6.12. The van der Waals surface area contributed by atoms with Crippen molar-refractivity contribution in [2.75, 3.05) is 0 Å². The van der Waals surface area contributed by atoms with Gasteiger partial charge in [-0.05, 0) is 104 Å². The maximum Gasteiger partial charge on any atom is 0.135 e. The van der Waals surface area contributed by atoms with Crippen molar-refractivity contribution in [3.63, 3.8) is 0 Å². The van der Waals surface area contributed by atoms with Crippen LogP contribution in [0.2, 0.25) is 0 Å². The summed E-state index contributed by atoms with van der Waals surface area (Å²) in [6.45, 7) is 0. The Labute approximate surface area is 318 Å². The summed E-state index contributed by atoms with van der Waals surface area (Å²) in [7, 11) is 0. The second kappa shape index (κ2) is 11.4. The first-order valence-electron chi connectivity index (χ1n) is 19.0. The van der Waals surface area contributed by atoms with E-state index < -0.39 is 5.41 Å². The average molecular weight is 700 g/mol. The van der Waals surface area contributed by atoms with E-state index in [1.165, 1.54) is 71.5 Å². The summed E-state index contributed by atoms with van der Waals surface area (Å²) in [4.78, 5) is 0.